The van der Waals surface area contributed by atoms with Crippen LogP contribution >= 0.6 is 15.9 Å². The van der Waals surface area contributed by atoms with Crippen molar-refractivity contribution in [3.05, 3.63) is 58.8 Å². The van der Waals surface area contributed by atoms with E-state index in [1.54, 1.807) is 30.5 Å². The smallest absolute Gasteiger partial charge is 0.243 e. The molecule has 0 bridgehead atoms. The van der Waals surface area contributed by atoms with Crippen LogP contribution in [-0.2, 0) is 14.8 Å². The predicted molar refractivity (Wildman–Crippen MR) is 106 cm³/mol. The van der Waals surface area contributed by atoms with Gasteiger partial charge in [0.1, 0.15) is 0 Å². The second-order valence-electron chi connectivity index (χ2n) is 6.64. The molecule has 2 aromatic rings. The molecule has 144 valence electrons. The van der Waals surface area contributed by atoms with Crippen LogP contribution in [0, 0.1) is 5.92 Å². The molecule has 6 nitrogen and oxygen atoms in total. The molecular formula is C19H22BrN3O3S. The number of nitrogens with one attached hydrogen (secondary N) is 1. The van der Waals surface area contributed by atoms with Crippen LogP contribution in [0.4, 0.5) is 0 Å². The van der Waals surface area contributed by atoms with Gasteiger partial charge in [-0.15, -0.1) is 0 Å². The zero-order valence-corrected chi connectivity index (χ0v) is 17.4. The van der Waals surface area contributed by atoms with E-state index in [2.05, 4.69) is 26.2 Å². The van der Waals surface area contributed by atoms with Crippen LogP contribution in [-0.4, -0.2) is 36.7 Å². The Morgan fingerprint density at radius 3 is 2.67 bits per heavy atom. The molecular weight excluding hydrogens is 430 g/mol. The highest BCUT2D eigenvalue weighted by Gasteiger charge is 2.33. The van der Waals surface area contributed by atoms with Gasteiger partial charge in [-0.3, -0.25) is 9.78 Å². The van der Waals surface area contributed by atoms with Gasteiger partial charge in [0.15, 0.2) is 0 Å². The molecule has 1 N–H and O–H groups in total. The zero-order chi connectivity index (χ0) is 19.4. The number of hydrogen-bond acceptors (Lipinski definition) is 4. The summed E-state index contributed by atoms with van der Waals surface area (Å²) >= 11 is 3.31. The Bertz CT molecular complexity index is 888. The van der Waals surface area contributed by atoms with Gasteiger partial charge in [-0.1, -0.05) is 22.0 Å². The van der Waals surface area contributed by atoms with E-state index in [0.29, 0.717) is 19.4 Å². The third-order valence-corrected chi connectivity index (χ3v) is 7.10. The lowest BCUT2D eigenvalue weighted by Gasteiger charge is -2.31. The molecule has 1 amide bonds. The fraction of sp³-hybridized carbons (Fsp3) is 0.368. The molecule has 0 aliphatic carbocycles. The lowest BCUT2D eigenvalue weighted by Crippen LogP contribution is -2.45. The topological polar surface area (TPSA) is 79.4 Å². The van der Waals surface area contributed by atoms with Gasteiger partial charge in [0.25, 0.3) is 0 Å². The maximum absolute atomic E-state index is 12.9. The second kappa shape index (κ2) is 8.50. The number of piperidine rings is 1. The van der Waals surface area contributed by atoms with Crippen molar-refractivity contribution in [2.24, 2.45) is 5.92 Å². The van der Waals surface area contributed by atoms with Crippen LogP contribution in [0.1, 0.15) is 31.5 Å². The summed E-state index contributed by atoms with van der Waals surface area (Å²) in [4.78, 5) is 17.2. The molecule has 1 aliphatic heterocycles. The number of carbonyl (C=O) groups excluding carboxylic acids is 1. The number of sulfonamides is 1. The zero-order valence-electron chi connectivity index (χ0n) is 15.0. The van der Waals surface area contributed by atoms with Crippen LogP contribution in [0.2, 0.25) is 0 Å². The Hall–Kier alpha value is -1.77. The molecule has 1 aromatic carbocycles. The molecule has 0 spiro atoms. The van der Waals surface area contributed by atoms with Crippen LogP contribution in [0.25, 0.3) is 0 Å². The normalized spacial score (nSPS) is 19.4. The number of hydrogen-bond donors (Lipinski definition) is 1. The summed E-state index contributed by atoms with van der Waals surface area (Å²) in [6.07, 6.45) is 3.02. The van der Waals surface area contributed by atoms with Gasteiger partial charge in [0.2, 0.25) is 15.9 Å². The van der Waals surface area contributed by atoms with E-state index >= 15 is 0 Å². The monoisotopic (exact) mass is 451 g/mol. The summed E-state index contributed by atoms with van der Waals surface area (Å²) in [5, 5.41) is 2.96. The Morgan fingerprint density at radius 1 is 1.26 bits per heavy atom. The molecule has 8 heteroatoms. The minimum absolute atomic E-state index is 0.135. The lowest BCUT2D eigenvalue weighted by molar-refractivity contribution is -0.126. The summed E-state index contributed by atoms with van der Waals surface area (Å²) in [7, 11) is -3.61. The third-order valence-electron chi connectivity index (χ3n) is 4.70. The SMILES string of the molecule is CC(NC(=O)C1CCCN(S(=O)(=O)c2ccc(Br)cc2)C1)c1ccccn1. The largest absolute Gasteiger partial charge is 0.348 e. The fourth-order valence-corrected chi connectivity index (χ4v) is 4.96. The second-order valence-corrected chi connectivity index (χ2v) is 9.49. The van der Waals surface area contributed by atoms with E-state index in [4.69, 9.17) is 0 Å². The maximum Gasteiger partial charge on any atom is 0.243 e. The van der Waals surface area contributed by atoms with E-state index in [9.17, 15) is 13.2 Å². The first kappa shape index (κ1) is 20.0. The van der Waals surface area contributed by atoms with Gasteiger partial charge < -0.3 is 5.32 Å². The first-order chi connectivity index (χ1) is 12.9. The molecule has 1 saturated heterocycles. The van der Waals surface area contributed by atoms with E-state index in [1.165, 1.54) is 4.31 Å². The molecule has 2 heterocycles. The van der Waals surface area contributed by atoms with E-state index < -0.39 is 10.0 Å². The number of benzene rings is 1. The van der Waals surface area contributed by atoms with E-state index in [-0.39, 0.29) is 29.3 Å². The molecule has 1 aromatic heterocycles. The number of aromatic nitrogens is 1. The van der Waals surface area contributed by atoms with Gasteiger partial charge in [0, 0.05) is 23.8 Å². The van der Waals surface area contributed by atoms with Crippen molar-refractivity contribution in [3.8, 4) is 0 Å². The minimum Gasteiger partial charge on any atom is -0.348 e. The van der Waals surface area contributed by atoms with Gasteiger partial charge in [-0.2, -0.15) is 4.31 Å². The highest BCUT2D eigenvalue weighted by atomic mass is 79.9. The average molecular weight is 452 g/mol. The molecule has 1 aliphatic rings. The predicted octanol–water partition coefficient (Wildman–Crippen LogP) is 3.12. The van der Waals surface area contributed by atoms with Gasteiger partial charge in [-0.25, -0.2) is 8.42 Å². The molecule has 27 heavy (non-hydrogen) atoms. The van der Waals surface area contributed by atoms with Gasteiger partial charge in [0.05, 0.1) is 22.5 Å². The highest BCUT2D eigenvalue weighted by molar-refractivity contribution is 9.10. The molecule has 1 fully saturated rings. The number of carbonyl (C=O) groups is 1. The van der Waals surface area contributed by atoms with Crippen molar-refractivity contribution in [2.45, 2.75) is 30.7 Å². The molecule has 2 atom stereocenters. The summed E-state index contributed by atoms with van der Waals surface area (Å²) in [5.74, 6) is -0.501. The van der Waals surface area contributed by atoms with E-state index in [0.717, 1.165) is 10.2 Å². The van der Waals surface area contributed by atoms with Crippen molar-refractivity contribution in [1.29, 1.82) is 0 Å². The summed E-state index contributed by atoms with van der Waals surface area (Å²) in [6, 6.07) is 11.9. The summed E-state index contributed by atoms with van der Waals surface area (Å²) in [5.41, 5.74) is 0.779. The van der Waals surface area contributed by atoms with Crippen molar-refractivity contribution >= 4 is 31.9 Å². The summed E-state index contributed by atoms with van der Waals surface area (Å²) in [6.45, 7) is 2.50. The van der Waals surface area contributed by atoms with Crippen molar-refractivity contribution in [1.82, 2.24) is 14.6 Å². The Balaban J connectivity index is 1.68. The third kappa shape index (κ3) is 4.75. The first-order valence-electron chi connectivity index (χ1n) is 8.85. The van der Waals surface area contributed by atoms with Gasteiger partial charge >= 0.3 is 0 Å². The Kier molecular flexibility index (Phi) is 6.29. The van der Waals surface area contributed by atoms with Crippen LogP contribution in [0.5, 0.6) is 0 Å². The standard InChI is InChI=1S/C19H22BrN3O3S/c1-14(18-6-2-3-11-21-18)22-19(24)15-5-4-12-23(13-15)27(25,26)17-9-7-16(20)8-10-17/h2-3,6-11,14-15H,4-5,12-13H2,1H3,(H,22,24). The first-order valence-corrected chi connectivity index (χ1v) is 11.1. The molecule has 0 saturated carbocycles. The minimum atomic E-state index is -3.61. The van der Waals surface area contributed by atoms with E-state index in [1.807, 2.05) is 25.1 Å². The Morgan fingerprint density at radius 2 is 2.00 bits per heavy atom. The fourth-order valence-electron chi connectivity index (χ4n) is 3.17. The highest BCUT2D eigenvalue weighted by Crippen LogP contribution is 2.25. The van der Waals surface area contributed by atoms with Crippen molar-refractivity contribution in [2.75, 3.05) is 13.1 Å². The number of nitrogens with zero attached hydrogens (tertiary/aromatic N) is 2. The molecule has 0 radical (unpaired) electrons. The number of pyridine rings is 1. The van der Waals surface area contributed by atoms with Crippen molar-refractivity contribution in [3.63, 3.8) is 0 Å². The quantitative estimate of drug-likeness (QED) is 0.756. The van der Waals surface area contributed by atoms with Crippen LogP contribution < -0.4 is 5.32 Å². The van der Waals surface area contributed by atoms with Crippen LogP contribution in [0.15, 0.2) is 58.0 Å². The van der Waals surface area contributed by atoms with Crippen molar-refractivity contribution < 1.29 is 13.2 Å². The molecule has 2 unspecified atom stereocenters. The number of halogens is 1. The lowest BCUT2D eigenvalue weighted by atomic mass is 9.98. The summed E-state index contributed by atoms with van der Waals surface area (Å²) < 4.78 is 28.0. The van der Waals surface area contributed by atoms with Crippen LogP contribution in [0.3, 0.4) is 0 Å². The average Bonchev–Trinajstić information content (AvgIpc) is 2.69. The van der Waals surface area contributed by atoms with Gasteiger partial charge in [-0.05, 0) is 56.2 Å². The Labute approximate surface area is 168 Å². The number of amides is 1. The molecule has 3 rings (SSSR count). The maximum atomic E-state index is 12.9. The number of rotatable bonds is 5.